The fourth-order valence-electron chi connectivity index (χ4n) is 9.77. The first-order chi connectivity index (χ1) is 30.7. The summed E-state index contributed by atoms with van der Waals surface area (Å²) < 4.78 is 0. The van der Waals surface area contributed by atoms with Crippen molar-refractivity contribution in [3.63, 3.8) is 0 Å². The van der Waals surface area contributed by atoms with Gasteiger partial charge in [0.25, 0.3) is 0 Å². The van der Waals surface area contributed by atoms with Crippen LogP contribution < -0.4 is 9.80 Å². The van der Waals surface area contributed by atoms with Crippen LogP contribution >= 0.6 is 0 Å². The van der Waals surface area contributed by atoms with Crippen LogP contribution in [0.25, 0.3) is 55.3 Å². The molecule has 292 valence electrons. The summed E-state index contributed by atoms with van der Waals surface area (Å²) >= 11 is 0. The summed E-state index contributed by atoms with van der Waals surface area (Å²) in [5.41, 5.74) is 22.6. The predicted octanol–water partition coefficient (Wildman–Crippen LogP) is 16.3. The van der Waals surface area contributed by atoms with Crippen LogP contribution in [-0.2, 0) is 12.8 Å². The Hall–Kier alpha value is -7.94. The number of benzene rings is 10. The third-order valence-electron chi connectivity index (χ3n) is 12.8. The van der Waals surface area contributed by atoms with E-state index >= 15 is 0 Å². The lowest BCUT2D eigenvalue weighted by molar-refractivity contribution is 1.01. The molecule has 0 radical (unpaired) electrons. The quantitative estimate of drug-likeness (QED) is 0.159. The van der Waals surface area contributed by atoms with Crippen molar-refractivity contribution in [3.8, 4) is 44.5 Å². The van der Waals surface area contributed by atoms with E-state index in [9.17, 15) is 0 Å². The highest BCUT2D eigenvalue weighted by Gasteiger charge is 2.32. The Kier molecular flexibility index (Phi) is 8.67. The standard InChI is InChI=1S/C60H42N2/c1-4-12-41(13-5-1)45-20-27-55(28-21-45)61(57-31-24-44-18-10-11-19-47(44)40-57)56-29-22-46(23-30-56)50-36-53-38-51-34-48(42-14-6-2-7-15-42)25-32-58(51)62-59-33-26-49(43-16-8-3-9-17-43)35-52(59)39-54(37-50)60(53)62/h1-37,40H,38-39H2. The number of anilines is 6. The highest BCUT2D eigenvalue weighted by molar-refractivity contribution is 5.93. The lowest BCUT2D eigenvalue weighted by Crippen LogP contribution is -2.25. The Balaban J connectivity index is 0.956. The monoisotopic (exact) mass is 790 g/mol. The van der Waals surface area contributed by atoms with E-state index in [0.29, 0.717) is 0 Å². The largest absolute Gasteiger partial charge is 0.310 e. The maximum atomic E-state index is 2.54. The van der Waals surface area contributed by atoms with E-state index in [1.165, 1.54) is 94.6 Å². The summed E-state index contributed by atoms with van der Waals surface area (Å²) in [4.78, 5) is 4.92. The molecule has 0 atom stereocenters. The second kappa shape index (κ2) is 15.0. The molecule has 0 saturated carbocycles. The van der Waals surface area contributed by atoms with Crippen molar-refractivity contribution in [1.82, 2.24) is 0 Å². The van der Waals surface area contributed by atoms with Crippen LogP contribution in [0.2, 0.25) is 0 Å². The third-order valence-corrected chi connectivity index (χ3v) is 12.8. The molecule has 0 N–H and O–H groups in total. The maximum absolute atomic E-state index is 2.54. The van der Waals surface area contributed by atoms with E-state index in [1.807, 2.05) is 0 Å². The summed E-state index contributed by atoms with van der Waals surface area (Å²) in [7, 11) is 0. The summed E-state index contributed by atoms with van der Waals surface area (Å²) in [5, 5.41) is 2.46. The summed E-state index contributed by atoms with van der Waals surface area (Å²) in [6, 6.07) is 84.6. The summed E-state index contributed by atoms with van der Waals surface area (Å²) in [6.45, 7) is 0. The van der Waals surface area contributed by atoms with Crippen molar-refractivity contribution >= 4 is 44.9 Å². The van der Waals surface area contributed by atoms with Gasteiger partial charge in [0.15, 0.2) is 0 Å². The van der Waals surface area contributed by atoms with Gasteiger partial charge in [-0.2, -0.15) is 0 Å². The summed E-state index contributed by atoms with van der Waals surface area (Å²) in [6.07, 6.45) is 1.76. The molecule has 62 heavy (non-hydrogen) atoms. The molecular formula is C60H42N2. The number of hydrogen-bond acceptors (Lipinski definition) is 2. The zero-order valence-corrected chi connectivity index (χ0v) is 34.2. The molecule has 2 aliphatic rings. The molecule has 2 heteroatoms. The van der Waals surface area contributed by atoms with Gasteiger partial charge in [-0.3, -0.25) is 0 Å². The molecule has 12 rings (SSSR count). The second-order valence-corrected chi connectivity index (χ2v) is 16.6. The number of hydrogen-bond donors (Lipinski definition) is 0. The lowest BCUT2D eigenvalue weighted by Gasteiger charge is -2.40. The minimum atomic E-state index is 0.882. The van der Waals surface area contributed by atoms with Crippen molar-refractivity contribution in [2.45, 2.75) is 12.8 Å². The predicted molar refractivity (Wildman–Crippen MR) is 261 cm³/mol. The van der Waals surface area contributed by atoms with Crippen LogP contribution in [0.5, 0.6) is 0 Å². The van der Waals surface area contributed by atoms with E-state index in [1.54, 1.807) is 0 Å². The van der Waals surface area contributed by atoms with Gasteiger partial charge < -0.3 is 9.80 Å². The lowest BCUT2D eigenvalue weighted by atomic mass is 9.83. The van der Waals surface area contributed by atoms with Gasteiger partial charge in [0.1, 0.15) is 0 Å². The smallest absolute Gasteiger partial charge is 0.0533 e. The van der Waals surface area contributed by atoms with Crippen LogP contribution in [0, 0.1) is 0 Å². The van der Waals surface area contributed by atoms with Crippen LogP contribution in [-0.4, -0.2) is 0 Å². The van der Waals surface area contributed by atoms with E-state index in [-0.39, 0.29) is 0 Å². The van der Waals surface area contributed by atoms with Crippen LogP contribution in [0.3, 0.4) is 0 Å². The van der Waals surface area contributed by atoms with Gasteiger partial charge in [-0.05, 0) is 150 Å². The average Bonchev–Trinajstić information content (AvgIpc) is 3.34. The molecule has 10 aromatic rings. The molecule has 0 spiro atoms. The van der Waals surface area contributed by atoms with Crippen LogP contribution in [0.4, 0.5) is 34.1 Å². The molecule has 0 unspecified atom stereocenters. The number of fused-ring (bicyclic) bond motifs is 5. The van der Waals surface area contributed by atoms with Crippen molar-refractivity contribution < 1.29 is 0 Å². The number of nitrogens with zero attached hydrogens (tertiary/aromatic N) is 2. The molecule has 10 aromatic carbocycles. The first kappa shape index (κ1) is 36.0. The highest BCUT2D eigenvalue weighted by atomic mass is 15.2. The SMILES string of the molecule is c1ccc(-c2ccc(N(c3ccc(-c4cc5c6c(c4)Cc4cc(-c7ccccc7)ccc4N6c4ccc(-c6ccccc6)cc4C5)cc3)c3ccc4ccccc4c3)cc2)cc1. The second-order valence-electron chi connectivity index (χ2n) is 16.6. The highest BCUT2D eigenvalue weighted by Crippen LogP contribution is 2.52. The number of rotatable bonds is 7. The van der Waals surface area contributed by atoms with Gasteiger partial charge >= 0.3 is 0 Å². The fourth-order valence-corrected chi connectivity index (χ4v) is 9.77. The molecule has 0 saturated heterocycles. The van der Waals surface area contributed by atoms with Crippen molar-refractivity contribution in [3.05, 3.63) is 253 Å². The van der Waals surface area contributed by atoms with E-state index in [2.05, 4.69) is 240 Å². The Morgan fingerprint density at radius 2 is 0.661 bits per heavy atom. The Labute approximate surface area is 363 Å². The molecule has 0 bridgehead atoms. The molecule has 2 nitrogen and oxygen atoms in total. The summed E-state index contributed by atoms with van der Waals surface area (Å²) in [5.74, 6) is 0. The normalized spacial score (nSPS) is 12.4. The molecule has 0 aliphatic carbocycles. The van der Waals surface area contributed by atoms with Crippen LogP contribution in [0.15, 0.2) is 231 Å². The Morgan fingerprint density at radius 1 is 0.274 bits per heavy atom. The first-order valence-electron chi connectivity index (χ1n) is 21.6. The van der Waals surface area contributed by atoms with E-state index in [4.69, 9.17) is 0 Å². The minimum Gasteiger partial charge on any atom is -0.310 e. The van der Waals surface area contributed by atoms with Gasteiger partial charge in [0.05, 0.1) is 5.69 Å². The first-order valence-corrected chi connectivity index (χ1v) is 21.6. The van der Waals surface area contributed by atoms with Gasteiger partial charge in [-0.15, -0.1) is 0 Å². The van der Waals surface area contributed by atoms with Crippen molar-refractivity contribution in [1.29, 1.82) is 0 Å². The Bertz CT molecular complexity index is 3150. The molecule has 2 aliphatic heterocycles. The van der Waals surface area contributed by atoms with Crippen molar-refractivity contribution in [2.75, 3.05) is 9.80 Å². The average molecular weight is 791 g/mol. The molecule has 0 fully saturated rings. The fraction of sp³-hybridized carbons (Fsp3) is 0.0333. The van der Waals surface area contributed by atoms with Gasteiger partial charge in [-0.1, -0.05) is 158 Å². The molecule has 0 amide bonds. The zero-order valence-electron chi connectivity index (χ0n) is 34.2. The third kappa shape index (κ3) is 6.36. The molecular weight excluding hydrogens is 749 g/mol. The van der Waals surface area contributed by atoms with E-state index < -0.39 is 0 Å². The van der Waals surface area contributed by atoms with E-state index in [0.717, 1.165) is 29.9 Å². The minimum absolute atomic E-state index is 0.882. The zero-order chi connectivity index (χ0) is 41.0. The van der Waals surface area contributed by atoms with Gasteiger partial charge in [-0.25, -0.2) is 0 Å². The topological polar surface area (TPSA) is 6.48 Å². The Morgan fingerprint density at radius 3 is 1.18 bits per heavy atom. The van der Waals surface area contributed by atoms with Crippen molar-refractivity contribution in [2.24, 2.45) is 0 Å². The van der Waals surface area contributed by atoms with Crippen LogP contribution in [0.1, 0.15) is 22.3 Å². The maximum Gasteiger partial charge on any atom is 0.0533 e. The molecule has 0 aromatic heterocycles. The molecule has 2 heterocycles. The van der Waals surface area contributed by atoms with Gasteiger partial charge in [0.2, 0.25) is 0 Å². The van der Waals surface area contributed by atoms with Gasteiger partial charge in [0, 0.05) is 41.3 Å².